The van der Waals surface area contributed by atoms with Gasteiger partial charge in [-0.15, -0.1) is 0 Å². The summed E-state index contributed by atoms with van der Waals surface area (Å²) in [6, 6.07) is -5.12. The van der Waals surface area contributed by atoms with E-state index in [-0.39, 0.29) is 45.6 Å². The lowest BCUT2D eigenvalue weighted by atomic mass is 9.84. The van der Waals surface area contributed by atoms with Crippen LogP contribution in [-0.2, 0) is 28.4 Å². The Bertz CT molecular complexity index is 893. The first-order valence-electron chi connectivity index (χ1n) is 16.1. The van der Waals surface area contributed by atoms with E-state index < -0.39 is 122 Å². The maximum absolute atomic E-state index is 10.9. The SMILES string of the molecule is NC[C@H]1O[C@H](O[C@@H]2[C@@H](OCCCO[C@H]3[C@H](O)[C@@H](N)C[C@@H](N)[C@@H]3O[C@H]3O[C@H](CN)[C@@H](O)[C@H](O)[C@H]3N)[C@H](O)[C@@H](N)C[C@H]2N)[C@H](N)[C@@H](O)[C@@H]1O. The molecular weight excluding hydrogens is 628 g/mol. The molecule has 20 nitrogen and oxygen atoms in total. The van der Waals surface area contributed by atoms with Gasteiger partial charge in [-0.25, -0.2) is 0 Å². The molecule has 0 aromatic heterocycles. The third kappa shape index (κ3) is 8.57. The van der Waals surface area contributed by atoms with Crippen molar-refractivity contribution in [3.63, 3.8) is 0 Å². The fourth-order valence-electron chi connectivity index (χ4n) is 6.63. The summed E-state index contributed by atoms with van der Waals surface area (Å²) in [5, 5.41) is 63.0. The largest absolute Gasteiger partial charge is 0.389 e. The molecule has 2 heterocycles. The second-order valence-electron chi connectivity index (χ2n) is 13.0. The average molecular weight is 685 g/mol. The van der Waals surface area contributed by atoms with Crippen molar-refractivity contribution in [2.75, 3.05) is 26.3 Å². The van der Waals surface area contributed by atoms with Gasteiger partial charge in [0, 0.05) is 50.5 Å². The van der Waals surface area contributed by atoms with Crippen LogP contribution in [0.4, 0.5) is 0 Å². The van der Waals surface area contributed by atoms with E-state index >= 15 is 0 Å². The Labute approximate surface area is 272 Å². The van der Waals surface area contributed by atoms with Crippen LogP contribution in [0, 0.1) is 0 Å². The van der Waals surface area contributed by atoms with Crippen molar-refractivity contribution < 1.29 is 59.1 Å². The molecule has 47 heavy (non-hydrogen) atoms. The molecule has 2 aliphatic carbocycles. The molecule has 0 unspecified atom stereocenters. The summed E-state index contributed by atoms with van der Waals surface area (Å²) in [6.45, 7) is -0.161. The van der Waals surface area contributed by atoms with Gasteiger partial charge in [0.1, 0.15) is 61.0 Å². The zero-order chi connectivity index (χ0) is 34.7. The van der Waals surface area contributed by atoms with E-state index in [2.05, 4.69) is 0 Å². The highest BCUT2D eigenvalue weighted by Crippen LogP contribution is 2.30. The Balaban J connectivity index is 1.36. The highest BCUT2D eigenvalue weighted by atomic mass is 16.7. The molecule has 0 spiro atoms. The van der Waals surface area contributed by atoms with Crippen LogP contribution in [-0.4, -0.2) is 179 Å². The van der Waals surface area contributed by atoms with Crippen molar-refractivity contribution in [1.82, 2.24) is 0 Å². The molecule has 0 aromatic carbocycles. The number of aliphatic hydroxyl groups excluding tert-OH is 6. The first-order chi connectivity index (χ1) is 22.2. The lowest BCUT2D eigenvalue weighted by Gasteiger charge is -2.47. The first kappa shape index (κ1) is 39.0. The molecule has 2 saturated heterocycles. The topological polar surface area (TPSA) is 385 Å². The van der Waals surface area contributed by atoms with E-state index in [1.54, 1.807) is 0 Å². The van der Waals surface area contributed by atoms with E-state index in [1.165, 1.54) is 0 Å². The summed E-state index contributed by atoms with van der Waals surface area (Å²) in [5.74, 6) is 0. The van der Waals surface area contributed by atoms with Gasteiger partial charge in [0.15, 0.2) is 12.6 Å². The number of ether oxygens (including phenoxy) is 6. The zero-order valence-corrected chi connectivity index (χ0v) is 26.2. The molecule has 22 N–H and O–H groups in total. The Hall–Kier alpha value is -0.800. The smallest absolute Gasteiger partial charge is 0.176 e. The van der Waals surface area contributed by atoms with Gasteiger partial charge in [-0.3, -0.25) is 0 Å². The molecule has 4 rings (SSSR count). The van der Waals surface area contributed by atoms with Gasteiger partial charge in [0.2, 0.25) is 0 Å². The molecule has 2 saturated carbocycles. The minimum atomic E-state index is -1.38. The summed E-state index contributed by atoms with van der Waals surface area (Å²) in [6.07, 6.45) is -15.4. The first-order valence-corrected chi connectivity index (χ1v) is 16.1. The molecular formula is C27H56N8O12. The van der Waals surface area contributed by atoms with E-state index in [9.17, 15) is 30.6 Å². The van der Waals surface area contributed by atoms with Crippen LogP contribution in [0.15, 0.2) is 0 Å². The van der Waals surface area contributed by atoms with Gasteiger partial charge in [-0.2, -0.15) is 0 Å². The van der Waals surface area contributed by atoms with E-state index in [0.29, 0.717) is 0 Å². The molecule has 2 aliphatic heterocycles. The third-order valence-electron chi connectivity index (χ3n) is 9.58. The normalized spacial score (nSPS) is 51.2. The van der Waals surface area contributed by atoms with Crippen LogP contribution in [0.5, 0.6) is 0 Å². The van der Waals surface area contributed by atoms with Crippen LogP contribution in [0.1, 0.15) is 19.3 Å². The zero-order valence-electron chi connectivity index (χ0n) is 26.2. The maximum atomic E-state index is 10.9. The highest BCUT2D eigenvalue weighted by Gasteiger charge is 2.50. The molecule has 20 atom stereocenters. The molecule has 0 amide bonds. The molecule has 0 bridgehead atoms. The number of hydrogen-bond donors (Lipinski definition) is 14. The summed E-state index contributed by atoms with van der Waals surface area (Å²) in [5.41, 5.74) is 48.4. The van der Waals surface area contributed by atoms with E-state index in [4.69, 9.17) is 74.3 Å². The van der Waals surface area contributed by atoms with Gasteiger partial charge >= 0.3 is 0 Å². The van der Waals surface area contributed by atoms with Crippen LogP contribution in [0.25, 0.3) is 0 Å². The van der Waals surface area contributed by atoms with Crippen LogP contribution >= 0.6 is 0 Å². The Morgan fingerprint density at radius 1 is 0.489 bits per heavy atom. The second kappa shape index (κ2) is 16.9. The van der Waals surface area contributed by atoms with Crippen molar-refractivity contribution in [3.8, 4) is 0 Å². The lowest BCUT2D eigenvalue weighted by Crippen LogP contribution is -2.68. The fraction of sp³-hybridized carbons (Fsp3) is 1.00. The standard InChI is InChI=1S/C27H56N8O12/c28-6-12-18(38)20(40)14(34)26(44-12)46-22-10(32)4-8(30)16(36)24(22)42-2-1-3-43-25-17(37)9(31)5-11(33)23(25)47-27-15(35)21(41)19(39)13(7-29)45-27/h8-27,36-41H,1-7,28-35H2/t8-,9-,10+,11+,12+,13+,14+,15+,16+,17+,18+,19+,20+,21+,22-,23-,24-,25-,26+,27+/m0/s1. The average Bonchev–Trinajstić information content (AvgIpc) is 3.04. The molecule has 0 aromatic rings. The minimum absolute atomic E-state index is 0.0245. The van der Waals surface area contributed by atoms with Crippen molar-refractivity contribution in [2.24, 2.45) is 45.9 Å². The summed E-state index contributed by atoms with van der Waals surface area (Å²) < 4.78 is 35.5. The van der Waals surface area contributed by atoms with E-state index in [1.807, 2.05) is 0 Å². The van der Waals surface area contributed by atoms with Crippen LogP contribution < -0.4 is 45.9 Å². The highest BCUT2D eigenvalue weighted by molar-refractivity contribution is 5.02. The third-order valence-corrected chi connectivity index (χ3v) is 9.58. The van der Waals surface area contributed by atoms with Crippen molar-refractivity contribution in [1.29, 1.82) is 0 Å². The predicted octanol–water partition coefficient (Wildman–Crippen LogP) is -8.78. The quantitative estimate of drug-likeness (QED) is 0.0848. The van der Waals surface area contributed by atoms with Crippen molar-refractivity contribution in [2.45, 2.75) is 141 Å². The Kier molecular flexibility index (Phi) is 14.1. The summed E-state index contributed by atoms with van der Waals surface area (Å²) >= 11 is 0. The maximum Gasteiger partial charge on any atom is 0.176 e. The Morgan fingerprint density at radius 2 is 0.851 bits per heavy atom. The molecule has 276 valence electrons. The van der Waals surface area contributed by atoms with Gasteiger partial charge in [0.25, 0.3) is 0 Å². The monoisotopic (exact) mass is 684 g/mol. The summed E-state index contributed by atoms with van der Waals surface area (Å²) in [4.78, 5) is 0. The molecule has 20 heteroatoms. The van der Waals surface area contributed by atoms with Gasteiger partial charge in [-0.1, -0.05) is 0 Å². The van der Waals surface area contributed by atoms with Crippen molar-refractivity contribution in [3.05, 3.63) is 0 Å². The number of rotatable bonds is 12. The number of nitrogens with two attached hydrogens (primary N) is 8. The van der Waals surface area contributed by atoms with E-state index in [0.717, 1.165) is 0 Å². The predicted molar refractivity (Wildman–Crippen MR) is 162 cm³/mol. The molecule has 4 fully saturated rings. The molecule has 0 radical (unpaired) electrons. The molecule has 4 aliphatic rings. The number of aliphatic hydroxyl groups is 6. The minimum Gasteiger partial charge on any atom is -0.389 e. The van der Waals surface area contributed by atoms with Crippen molar-refractivity contribution >= 4 is 0 Å². The summed E-state index contributed by atoms with van der Waals surface area (Å²) in [7, 11) is 0. The van der Waals surface area contributed by atoms with Gasteiger partial charge in [0.05, 0.1) is 24.3 Å². The van der Waals surface area contributed by atoms with Crippen LogP contribution in [0.3, 0.4) is 0 Å². The Morgan fingerprint density at radius 3 is 1.19 bits per heavy atom. The van der Waals surface area contributed by atoms with Gasteiger partial charge in [-0.05, 0) is 19.3 Å². The second-order valence-corrected chi connectivity index (χ2v) is 13.0. The fourth-order valence-corrected chi connectivity index (χ4v) is 6.63. The van der Waals surface area contributed by atoms with Gasteiger partial charge < -0.3 is 105 Å². The van der Waals surface area contributed by atoms with Crippen LogP contribution in [0.2, 0.25) is 0 Å². The lowest BCUT2D eigenvalue weighted by molar-refractivity contribution is -0.292. The number of hydrogen-bond acceptors (Lipinski definition) is 20.